The van der Waals surface area contributed by atoms with Crippen molar-refractivity contribution in [2.75, 3.05) is 13.2 Å². The third-order valence-corrected chi connectivity index (χ3v) is 3.74. The number of thiazole rings is 1. The molecule has 0 radical (unpaired) electrons. The summed E-state index contributed by atoms with van der Waals surface area (Å²) in [5.74, 6) is 0.709. The molecule has 3 nitrogen and oxygen atoms in total. The Bertz CT molecular complexity index is 320. The molecular formula is C11H18N2OS. The Morgan fingerprint density at radius 1 is 1.53 bits per heavy atom. The van der Waals surface area contributed by atoms with Crippen LogP contribution in [0, 0.1) is 0 Å². The van der Waals surface area contributed by atoms with Crippen molar-refractivity contribution in [1.29, 1.82) is 0 Å². The first-order chi connectivity index (χ1) is 7.35. The van der Waals surface area contributed by atoms with Gasteiger partial charge in [0.1, 0.15) is 0 Å². The van der Waals surface area contributed by atoms with Crippen molar-refractivity contribution in [2.24, 2.45) is 5.73 Å². The summed E-state index contributed by atoms with van der Waals surface area (Å²) < 4.78 is 5.33. The number of ether oxygens (including phenoxy) is 1. The lowest BCUT2D eigenvalue weighted by atomic mass is 10.2. The molecule has 0 aromatic carbocycles. The van der Waals surface area contributed by atoms with Crippen molar-refractivity contribution in [2.45, 2.75) is 38.6 Å². The van der Waals surface area contributed by atoms with Gasteiger partial charge in [0.15, 0.2) is 0 Å². The average Bonchev–Trinajstić information content (AvgIpc) is 3.01. The van der Waals surface area contributed by atoms with Gasteiger partial charge < -0.3 is 10.5 Å². The van der Waals surface area contributed by atoms with Crippen molar-refractivity contribution in [3.05, 3.63) is 15.6 Å². The molecule has 1 aliphatic carbocycles. The summed E-state index contributed by atoms with van der Waals surface area (Å²) in [6.07, 6.45) is 3.52. The zero-order valence-corrected chi connectivity index (χ0v) is 9.98. The van der Waals surface area contributed by atoms with Gasteiger partial charge in [-0.25, -0.2) is 4.98 Å². The lowest BCUT2D eigenvalue weighted by molar-refractivity contribution is 0.151. The molecule has 0 saturated heterocycles. The molecule has 4 heteroatoms. The quantitative estimate of drug-likeness (QED) is 0.755. The Balaban J connectivity index is 1.98. The molecule has 1 fully saturated rings. The van der Waals surface area contributed by atoms with Crippen LogP contribution in [0.15, 0.2) is 0 Å². The highest BCUT2D eigenvalue weighted by Gasteiger charge is 2.28. The largest absolute Gasteiger partial charge is 0.381 e. The first-order valence-corrected chi connectivity index (χ1v) is 6.43. The van der Waals surface area contributed by atoms with Gasteiger partial charge in [-0.2, -0.15) is 0 Å². The molecule has 1 aromatic rings. The van der Waals surface area contributed by atoms with E-state index in [0.29, 0.717) is 12.5 Å². The van der Waals surface area contributed by atoms with Gasteiger partial charge >= 0.3 is 0 Å². The number of nitrogens with zero attached hydrogens (tertiary/aromatic N) is 1. The second kappa shape index (κ2) is 5.05. The van der Waals surface area contributed by atoms with Gasteiger partial charge in [-0.15, -0.1) is 11.3 Å². The van der Waals surface area contributed by atoms with Crippen molar-refractivity contribution >= 4 is 11.3 Å². The molecule has 0 atom stereocenters. The van der Waals surface area contributed by atoms with Crippen molar-refractivity contribution in [3.8, 4) is 0 Å². The second-order valence-electron chi connectivity index (χ2n) is 3.84. The maximum atomic E-state index is 5.72. The molecule has 84 valence electrons. The van der Waals surface area contributed by atoms with Gasteiger partial charge in [-0.05, 0) is 19.8 Å². The Kier molecular flexibility index (Phi) is 3.72. The van der Waals surface area contributed by atoms with E-state index in [-0.39, 0.29) is 0 Å². The summed E-state index contributed by atoms with van der Waals surface area (Å²) in [6, 6.07) is 0. The Morgan fingerprint density at radius 2 is 2.33 bits per heavy atom. The molecule has 1 heterocycles. The standard InChI is InChI=1S/C11H18N2OS/c1-2-14-6-5-10-13-11(8-3-4-8)9(7-12)15-10/h8H,2-7,12H2,1H3. The topological polar surface area (TPSA) is 48.1 Å². The minimum absolute atomic E-state index is 0.637. The van der Waals surface area contributed by atoms with Crippen LogP contribution < -0.4 is 5.73 Å². The molecule has 15 heavy (non-hydrogen) atoms. The summed E-state index contributed by atoms with van der Waals surface area (Å²) >= 11 is 1.76. The minimum atomic E-state index is 0.637. The van der Waals surface area contributed by atoms with E-state index < -0.39 is 0 Å². The molecular weight excluding hydrogens is 208 g/mol. The van der Waals surface area contributed by atoms with Crippen LogP contribution in [0.1, 0.15) is 41.3 Å². The van der Waals surface area contributed by atoms with E-state index in [4.69, 9.17) is 10.5 Å². The van der Waals surface area contributed by atoms with E-state index in [0.717, 1.165) is 19.6 Å². The number of hydrogen-bond acceptors (Lipinski definition) is 4. The monoisotopic (exact) mass is 226 g/mol. The number of aromatic nitrogens is 1. The van der Waals surface area contributed by atoms with Gasteiger partial charge in [0.2, 0.25) is 0 Å². The molecule has 0 aliphatic heterocycles. The third-order valence-electron chi connectivity index (χ3n) is 2.59. The molecule has 1 saturated carbocycles. The van der Waals surface area contributed by atoms with Gasteiger partial charge in [-0.1, -0.05) is 0 Å². The fourth-order valence-electron chi connectivity index (χ4n) is 1.65. The van der Waals surface area contributed by atoms with Crippen LogP contribution in [-0.2, 0) is 17.7 Å². The van der Waals surface area contributed by atoms with Gasteiger partial charge in [0.25, 0.3) is 0 Å². The number of nitrogens with two attached hydrogens (primary N) is 1. The van der Waals surface area contributed by atoms with Crippen LogP contribution in [0.25, 0.3) is 0 Å². The Hall–Kier alpha value is -0.450. The van der Waals surface area contributed by atoms with E-state index in [1.807, 2.05) is 6.92 Å². The maximum absolute atomic E-state index is 5.72. The third kappa shape index (κ3) is 2.77. The van der Waals surface area contributed by atoms with Crippen molar-refractivity contribution < 1.29 is 4.74 Å². The van der Waals surface area contributed by atoms with E-state index in [1.165, 1.54) is 28.4 Å². The van der Waals surface area contributed by atoms with Crippen molar-refractivity contribution in [1.82, 2.24) is 4.98 Å². The number of rotatable bonds is 6. The smallest absolute Gasteiger partial charge is 0.0954 e. The lowest BCUT2D eigenvalue weighted by Crippen LogP contribution is -1.98. The fraction of sp³-hybridized carbons (Fsp3) is 0.727. The lowest BCUT2D eigenvalue weighted by Gasteiger charge is -1.96. The number of hydrogen-bond donors (Lipinski definition) is 1. The van der Waals surface area contributed by atoms with Gasteiger partial charge in [0.05, 0.1) is 17.3 Å². The predicted molar refractivity (Wildman–Crippen MR) is 62.2 cm³/mol. The van der Waals surface area contributed by atoms with Gasteiger partial charge in [0, 0.05) is 30.4 Å². The molecule has 0 spiro atoms. The predicted octanol–water partition coefficient (Wildman–Crippen LogP) is 2.06. The van der Waals surface area contributed by atoms with Crippen LogP contribution in [0.2, 0.25) is 0 Å². The molecule has 1 aliphatic rings. The minimum Gasteiger partial charge on any atom is -0.381 e. The van der Waals surface area contributed by atoms with E-state index in [9.17, 15) is 0 Å². The maximum Gasteiger partial charge on any atom is 0.0954 e. The molecule has 0 amide bonds. The first-order valence-electron chi connectivity index (χ1n) is 5.61. The normalized spacial score (nSPS) is 15.9. The summed E-state index contributed by atoms with van der Waals surface area (Å²) in [6.45, 7) is 4.21. The van der Waals surface area contributed by atoms with Crippen LogP contribution in [0.5, 0.6) is 0 Å². The van der Waals surface area contributed by atoms with Gasteiger partial charge in [-0.3, -0.25) is 0 Å². The first kappa shape index (κ1) is 11.0. The van der Waals surface area contributed by atoms with Crippen LogP contribution in [-0.4, -0.2) is 18.2 Å². The van der Waals surface area contributed by atoms with E-state index in [1.54, 1.807) is 11.3 Å². The average molecular weight is 226 g/mol. The Labute approximate surface area is 94.7 Å². The van der Waals surface area contributed by atoms with E-state index in [2.05, 4.69) is 4.98 Å². The zero-order chi connectivity index (χ0) is 10.7. The van der Waals surface area contributed by atoms with E-state index >= 15 is 0 Å². The molecule has 2 rings (SSSR count). The van der Waals surface area contributed by atoms with Crippen molar-refractivity contribution in [3.63, 3.8) is 0 Å². The van der Waals surface area contributed by atoms with Crippen LogP contribution in [0.3, 0.4) is 0 Å². The molecule has 0 unspecified atom stereocenters. The van der Waals surface area contributed by atoms with Crippen LogP contribution >= 0.6 is 11.3 Å². The molecule has 2 N–H and O–H groups in total. The van der Waals surface area contributed by atoms with Crippen LogP contribution in [0.4, 0.5) is 0 Å². The SMILES string of the molecule is CCOCCc1nc(C2CC2)c(CN)s1. The highest BCUT2D eigenvalue weighted by Crippen LogP contribution is 2.42. The molecule has 1 aromatic heterocycles. The highest BCUT2D eigenvalue weighted by molar-refractivity contribution is 7.11. The zero-order valence-electron chi connectivity index (χ0n) is 9.16. The fourth-order valence-corrected chi connectivity index (χ4v) is 2.66. The summed E-state index contributed by atoms with van der Waals surface area (Å²) in [5, 5.41) is 1.19. The second-order valence-corrected chi connectivity index (χ2v) is 5.01. The molecule has 0 bridgehead atoms. The summed E-state index contributed by atoms with van der Waals surface area (Å²) in [4.78, 5) is 5.95. The summed E-state index contributed by atoms with van der Waals surface area (Å²) in [5.41, 5.74) is 7.00. The highest BCUT2D eigenvalue weighted by atomic mass is 32.1. The Morgan fingerprint density at radius 3 is 2.93 bits per heavy atom. The summed E-state index contributed by atoms with van der Waals surface area (Å²) in [7, 11) is 0.